The number of hydrogen-bond donors (Lipinski definition) is 5. The van der Waals surface area contributed by atoms with Crippen molar-refractivity contribution in [1.82, 2.24) is 5.32 Å². The second-order valence-corrected chi connectivity index (χ2v) is 5.18. The van der Waals surface area contributed by atoms with Gasteiger partial charge in [-0.25, -0.2) is 0 Å². The molecule has 6 N–H and O–H groups in total. The average molecular weight is 258 g/mol. The van der Waals surface area contributed by atoms with Gasteiger partial charge in [0, 0.05) is 6.04 Å². The van der Waals surface area contributed by atoms with Crippen LogP contribution in [0.5, 0.6) is 0 Å². The molecular formula is C11H23BN2O4. The van der Waals surface area contributed by atoms with Gasteiger partial charge in [0.05, 0.1) is 0 Å². The van der Waals surface area contributed by atoms with E-state index in [4.69, 9.17) is 15.8 Å². The number of rotatable bonds is 8. The topological polar surface area (TPSA) is 116 Å². The van der Waals surface area contributed by atoms with E-state index in [9.17, 15) is 9.90 Å². The normalized spacial score (nSPS) is 26.2. The fraction of sp³-hybridized carbons (Fsp3) is 0.909. The van der Waals surface area contributed by atoms with E-state index < -0.39 is 18.6 Å². The summed E-state index contributed by atoms with van der Waals surface area (Å²) in [7, 11) is 0.356. The number of carboxylic acid groups (broad SMARTS) is 1. The summed E-state index contributed by atoms with van der Waals surface area (Å²) in [6.07, 6.45) is 3.49. The zero-order valence-electron chi connectivity index (χ0n) is 10.8. The lowest BCUT2D eigenvalue weighted by Crippen LogP contribution is -2.61. The van der Waals surface area contributed by atoms with Gasteiger partial charge in [0.15, 0.2) is 0 Å². The summed E-state index contributed by atoms with van der Waals surface area (Å²) < 4.78 is 0. The summed E-state index contributed by atoms with van der Waals surface area (Å²) in [6, 6.07) is 0.112. The molecule has 0 spiro atoms. The maximum atomic E-state index is 11.5. The van der Waals surface area contributed by atoms with Crippen LogP contribution in [0.25, 0.3) is 0 Å². The van der Waals surface area contributed by atoms with E-state index in [2.05, 4.69) is 5.32 Å². The second-order valence-electron chi connectivity index (χ2n) is 5.18. The average Bonchev–Trinajstić information content (AvgIpc) is 2.25. The van der Waals surface area contributed by atoms with E-state index in [1.807, 2.05) is 0 Å². The molecule has 18 heavy (non-hydrogen) atoms. The Labute approximate surface area is 108 Å². The molecular weight excluding hydrogens is 235 g/mol. The minimum absolute atomic E-state index is 0.0639. The molecule has 1 rings (SSSR count). The van der Waals surface area contributed by atoms with Gasteiger partial charge in [-0.3, -0.25) is 4.79 Å². The lowest BCUT2D eigenvalue weighted by atomic mass is 9.66. The molecule has 1 unspecified atom stereocenters. The number of nitrogens with one attached hydrogen (secondary N) is 1. The van der Waals surface area contributed by atoms with E-state index >= 15 is 0 Å². The highest BCUT2D eigenvalue weighted by atomic mass is 16.4. The number of unbranched alkanes of at least 4 members (excludes halogenated alkanes) is 1. The fourth-order valence-electron chi connectivity index (χ4n) is 2.72. The molecule has 0 aromatic carbocycles. The summed E-state index contributed by atoms with van der Waals surface area (Å²) in [5, 5.41) is 29.9. The van der Waals surface area contributed by atoms with E-state index in [1.54, 1.807) is 7.05 Å². The van der Waals surface area contributed by atoms with Gasteiger partial charge in [0.1, 0.15) is 5.54 Å². The quantitative estimate of drug-likeness (QED) is 0.293. The Morgan fingerprint density at radius 2 is 2.06 bits per heavy atom. The van der Waals surface area contributed by atoms with Crippen molar-refractivity contribution in [1.29, 1.82) is 0 Å². The maximum absolute atomic E-state index is 11.5. The number of carboxylic acids is 1. The Balaban J connectivity index is 2.52. The molecule has 1 fully saturated rings. The number of nitrogens with two attached hydrogens (primary N) is 1. The van der Waals surface area contributed by atoms with Crippen LogP contribution in [0.4, 0.5) is 0 Å². The third kappa shape index (κ3) is 3.44. The Morgan fingerprint density at radius 3 is 2.44 bits per heavy atom. The first-order valence-corrected chi connectivity index (χ1v) is 6.46. The largest absolute Gasteiger partial charge is 0.480 e. The van der Waals surface area contributed by atoms with Crippen LogP contribution >= 0.6 is 0 Å². The molecule has 1 aliphatic carbocycles. The van der Waals surface area contributed by atoms with Gasteiger partial charge in [-0.1, -0.05) is 12.8 Å². The number of hydrogen-bond acceptors (Lipinski definition) is 5. The van der Waals surface area contributed by atoms with Crippen molar-refractivity contribution in [2.24, 2.45) is 11.7 Å². The molecule has 1 atom stereocenters. The van der Waals surface area contributed by atoms with Gasteiger partial charge in [-0.15, -0.1) is 0 Å². The lowest BCUT2D eigenvalue weighted by molar-refractivity contribution is -0.149. The molecule has 0 aromatic rings. The van der Waals surface area contributed by atoms with Crippen molar-refractivity contribution in [2.75, 3.05) is 7.05 Å². The Bertz CT molecular complexity index is 284. The van der Waals surface area contributed by atoms with Crippen LogP contribution in [0.1, 0.15) is 32.1 Å². The zero-order valence-corrected chi connectivity index (χ0v) is 10.8. The molecule has 6 nitrogen and oxygen atoms in total. The van der Waals surface area contributed by atoms with E-state index in [0.717, 1.165) is 12.8 Å². The summed E-state index contributed by atoms with van der Waals surface area (Å²) in [5.74, 6) is -0.777. The van der Waals surface area contributed by atoms with Crippen LogP contribution in [0, 0.1) is 5.92 Å². The number of likely N-dealkylation sites (N-methyl/N-ethyl adjacent to an activating group) is 1. The number of carbonyl (C=O) groups is 1. The monoisotopic (exact) mass is 258 g/mol. The van der Waals surface area contributed by atoms with Gasteiger partial charge < -0.3 is 26.2 Å². The molecule has 1 saturated carbocycles. The first kappa shape index (κ1) is 15.4. The predicted molar refractivity (Wildman–Crippen MR) is 69.0 cm³/mol. The molecule has 0 heterocycles. The minimum atomic E-state index is -1.31. The van der Waals surface area contributed by atoms with Crippen LogP contribution in [0.15, 0.2) is 0 Å². The molecule has 0 saturated heterocycles. The molecule has 0 radical (unpaired) electrons. The molecule has 7 heteroatoms. The second kappa shape index (κ2) is 6.52. The first-order valence-electron chi connectivity index (χ1n) is 6.46. The molecule has 0 amide bonds. The highest BCUT2D eigenvalue weighted by Gasteiger charge is 2.49. The van der Waals surface area contributed by atoms with Crippen LogP contribution in [-0.2, 0) is 4.79 Å². The van der Waals surface area contributed by atoms with Crippen LogP contribution < -0.4 is 11.1 Å². The third-order valence-corrected chi connectivity index (χ3v) is 3.98. The lowest BCUT2D eigenvalue weighted by Gasteiger charge is -2.45. The van der Waals surface area contributed by atoms with E-state index in [-0.39, 0.29) is 18.3 Å². The minimum Gasteiger partial charge on any atom is -0.480 e. The predicted octanol–water partition coefficient (Wildman–Crippen LogP) is -0.590. The van der Waals surface area contributed by atoms with E-state index in [0.29, 0.717) is 19.3 Å². The third-order valence-electron chi connectivity index (χ3n) is 3.98. The van der Waals surface area contributed by atoms with Crippen LogP contribution in [0.2, 0.25) is 6.32 Å². The highest BCUT2D eigenvalue weighted by Crippen LogP contribution is 2.38. The first-order chi connectivity index (χ1) is 8.42. The smallest absolute Gasteiger partial charge is 0.451 e. The van der Waals surface area contributed by atoms with Crippen molar-refractivity contribution in [3.63, 3.8) is 0 Å². The molecule has 104 valence electrons. The van der Waals surface area contributed by atoms with Gasteiger partial charge in [0.2, 0.25) is 0 Å². The molecule has 0 aromatic heterocycles. The molecule has 0 aliphatic heterocycles. The van der Waals surface area contributed by atoms with Gasteiger partial charge in [0.25, 0.3) is 0 Å². The van der Waals surface area contributed by atoms with Crippen molar-refractivity contribution in [2.45, 2.75) is 50.0 Å². The van der Waals surface area contributed by atoms with Gasteiger partial charge >= 0.3 is 13.1 Å². The van der Waals surface area contributed by atoms with Gasteiger partial charge in [-0.2, -0.15) is 0 Å². The van der Waals surface area contributed by atoms with E-state index in [1.165, 1.54) is 0 Å². The van der Waals surface area contributed by atoms with Crippen LogP contribution in [0.3, 0.4) is 0 Å². The van der Waals surface area contributed by atoms with Gasteiger partial charge in [-0.05, 0) is 38.5 Å². The summed E-state index contributed by atoms with van der Waals surface area (Å²) in [6.45, 7) is 0. The maximum Gasteiger partial charge on any atom is 0.451 e. The Hall–Kier alpha value is -0.625. The van der Waals surface area contributed by atoms with Crippen molar-refractivity contribution in [3.8, 4) is 0 Å². The van der Waals surface area contributed by atoms with Crippen molar-refractivity contribution in [3.05, 3.63) is 0 Å². The van der Waals surface area contributed by atoms with Crippen LogP contribution in [-0.4, -0.2) is 46.9 Å². The summed E-state index contributed by atoms with van der Waals surface area (Å²) in [4.78, 5) is 11.5. The Kier molecular flexibility index (Phi) is 5.59. The highest BCUT2D eigenvalue weighted by molar-refractivity contribution is 6.40. The zero-order chi connectivity index (χ0) is 13.8. The Morgan fingerprint density at radius 1 is 1.44 bits per heavy atom. The number of aliphatic carboxylic acids is 1. The molecule has 1 aliphatic rings. The summed E-state index contributed by atoms with van der Waals surface area (Å²) >= 11 is 0. The van der Waals surface area contributed by atoms with Crippen molar-refractivity contribution >= 4 is 13.1 Å². The summed E-state index contributed by atoms with van der Waals surface area (Å²) in [5.41, 5.74) is 4.81. The fourth-order valence-corrected chi connectivity index (χ4v) is 2.72. The standard InChI is InChI=1S/C11H23BN2O4/c1-14-11(10(15)16,8-6-9(13)7-8)4-2-3-5-12(17)18/h8-9,14,17-18H,2-7,13H2,1H3,(H,15,16)/t8-,9+,11?. The molecule has 0 bridgehead atoms. The SMILES string of the molecule is CNC(CCCCB(O)O)(C(=O)O)[C@H]1C[C@@H](N)C1. The van der Waals surface area contributed by atoms with Crippen molar-refractivity contribution < 1.29 is 19.9 Å².